The van der Waals surface area contributed by atoms with Gasteiger partial charge in [0.2, 0.25) is 5.79 Å². The average Bonchev–Trinajstić information content (AvgIpc) is 2.69. The fraction of sp³-hybridized carbons (Fsp3) is 0.714. The Morgan fingerprint density at radius 1 is 1.04 bits per heavy atom. The van der Waals surface area contributed by atoms with Crippen LogP contribution in [0.4, 0.5) is 0 Å². The summed E-state index contributed by atoms with van der Waals surface area (Å²) < 4.78 is 5.75. The van der Waals surface area contributed by atoms with E-state index < -0.39 is 36.8 Å². The molecule has 1 aliphatic heterocycles. The molecule has 0 amide bonds. The van der Waals surface area contributed by atoms with E-state index in [1.165, 1.54) is 12.0 Å². The molecule has 0 bridgehead atoms. The van der Waals surface area contributed by atoms with Gasteiger partial charge in [-0.15, -0.1) is 0 Å². The molecule has 0 unspecified atom stereocenters. The first-order valence-corrected chi connectivity index (χ1v) is 10.2. The Balaban J connectivity index is 1.60. The molecular weight excluding hydrogens is 364 g/mol. The summed E-state index contributed by atoms with van der Waals surface area (Å²) in [5.74, 6) is -1.19. The van der Waals surface area contributed by atoms with Crippen molar-refractivity contribution in [3.8, 4) is 0 Å². The molecule has 1 saturated carbocycles. The van der Waals surface area contributed by atoms with Crippen LogP contribution in [-0.4, -0.2) is 63.8 Å². The zero-order chi connectivity index (χ0) is 20.0. The second-order valence-corrected chi connectivity index (χ2v) is 7.93. The predicted octanol–water partition coefficient (Wildman–Crippen LogP) is 1.32. The number of ether oxygens (including phenoxy) is 1. The van der Waals surface area contributed by atoms with E-state index in [2.05, 4.69) is 12.1 Å². The highest BCUT2D eigenvalue weighted by Crippen LogP contribution is 2.36. The number of aliphatic hydroxyl groups is 4. The average molecular weight is 396 g/mol. The van der Waals surface area contributed by atoms with Crippen molar-refractivity contribution < 1.29 is 34.9 Å². The van der Waals surface area contributed by atoms with Gasteiger partial charge in [-0.1, -0.05) is 36.8 Å². The lowest BCUT2D eigenvalue weighted by atomic mass is 9.86. The third-order valence-electron chi connectivity index (χ3n) is 5.85. The third kappa shape index (κ3) is 5.10. The van der Waals surface area contributed by atoms with Crippen LogP contribution in [0.5, 0.6) is 0 Å². The molecule has 1 aromatic rings. The minimum Gasteiger partial charge on any atom is -0.394 e. The van der Waals surface area contributed by atoms with Gasteiger partial charge >= 0.3 is 0 Å². The summed E-state index contributed by atoms with van der Waals surface area (Å²) in [7, 11) is 0. The van der Waals surface area contributed by atoms with Crippen molar-refractivity contribution in [3.05, 3.63) is 35.9 Å². The van der Waals surface area contributed by atoms with Crippen LogP contribution in [0.1, 0.15) is 44.1 Å². The summed E-state index contributed by atoms with van der Waals surface area (Å²) in [4.78, 5) is 10.9. The third-order valence-corrected chi connectivity index (χ3v) is 5.85. The number of rotatable bonds is 10. The van der Waals surface area contributed by atoms with Gasteiger partial charge < -0.3 is 25.2 Å². The monoisotopic (exact) mass is 396 g/mol. The Bertz CT molecular complexity index is 577. The van der Waals surface area contributed by atoms with Gasteiger partial charge in [0.25, 0.3) is 0 Å². The number of aryl methyl sites for hydroxylation is 1. The minimum atomic E-state index is -1.62. The second-order valence-electron chi connectivity index (χ2n) is 7.93. The van der Waals surface area contributed by atoms with E-state index in [1.807, 2.05) is 18.2 Å². The van der Waals surface area contributed by atoms with E-state index in [0.29, 0.717) is 18.9 Å². The van der Waals surface area contributed by atoms with E-state index in [9.17, 15) is 20.4 Å². The smallest absolute Gasteiger partial charge is 0.230 e. The second kappa shape index (κ2) is 10.1. The Morgan fingerprint density at radius 3 is 2.43 bits per heavy atom. The lowest BCUT2D eigenvalue weighted by Gasteiger charge is -2.47. The molecule has 2 fully saturated rings. The SMILES string of the molecule is OC[C@H]1O[C@@](CCCCc2ccccc2)(OOCC2CCC2)[C@H](O)[C@@H](O)[C@@H]1O. The van der Waals surface area contributed by atoms with Crippen molar-refractivity contribution in [2.75, 3.05) is 13.2 Å². The maximum atomic E-state index is 10.6. The van der Waals surface area contributed by atoms with Crippen molar-refractivity contribution in [2.45, 2.75) is 75.1 Å². The molecule has 28 heavy (non-hydrogen) atoms. The first kappa shape index (κ1) is 21.6. The summed E-state index contributed by atoms with van der Waals surface area (Å²) in [5.41, 5.74) is 1.22. The Morgan fingerprint density at radius 2 is 1.79 bits per heavy atom. The highest BCUT2D eigenvalue weighted by Gasteiger charge is 2.55. The summed E-state index contributed by atoms with van der Waals surface area (Å²) in [6.07, 6.45) is 0.527. The number of unbranched alkanes of at least 4 members (excludes halogenated alkanes) is 1. The fourth-order valence-corrected chi connectivity index (χ4v) is 3.76. The molecule has 0 radical (unpaired) electrons. The van der Waals surface area contributed by atoms with Gasteiger partial charge in [-0.2, -0.15) is 4.89 Å². The molecule has 0 aromatic heterocycles. The van der Waals surface area contributed by atoms with Crippen LogP contribution in [0.15, 0.2) is 30.3 Å². The zero-order valence-corrected chi connectivity index (χ0v) is 16.2. The molecular formula is C21H32O7. The summed E-state index contributed by atoms with van der Waals surface area (Å²) in [6.45, 7) is -0.104. The van der Waals surface area contributed by atoms with Crippen molar-refractivity contribution >= 4 is 0 Å². The molecule has 7 heteroatoms. The van der Waals surface area contributed by atoms with Crippen molar-refractivity contribution in [2.24, 2.45) is 5.92 Å². The van der Waals surface area contributed by atoms with Gasteiger partial charge in [0.05, 0.1) is 13.2 Å². The number of hydrogen-bond acceptors (Lipinski definition) is 7. The van der Waals surface area contributed by atoms with Crippen LogP contribution in [-0.2, 0) is 20.9 Å². The van der Waals surface area contributed by atoms with E-state index in [4.69, 9.17) is 14.5 Å². The van der Waals surface area contributed by atoms with Crippen LogP contribution in [0, 0.1) is 5.92 Å². The maximum Gasteiger partial charge on any atom is 0.230 e. The lowest BCUT2D eigenvalue weighted by molar-refractivity contribution is -0.482. The Kier molecular flexibility index (Phi) is 7.82. The molecule has 1 heterocycles. The molecule has 4 N–H and O–H groups in total. The van der Waals surface area contributed by atoms with Gasteiger partial charge in [-0.3, -0.25) is 0 Å². The van der Waals surface area contributed by atoms with Crippen molar-refractivity contribution in [1.29, 1.82) is 0 Å². The summed E-state index contributed by atoms with van der Waals surface area (Å²) >= 11 is 0. The van der Waals surface area contributed by atoms with E-state index in [-0.39, 0.29) is 6.42 Å². The first-order valence-electron chi connectivity index (χ1n) is 10.2. The fourth-order valence-electron chi connectivity index (χ4n) is 3.76. The number of aliphatic hydroxyl groups excluding tert-OH is 4. The van der Waals surface area contributed by atoms with Gasteiger partial charge in [0.1, 0.15) is 24.4 Å². The summed E-state index contributed by atoms with van der Waals surface area (Å²) in [5, 5.41) is 40.4. The van der Waals surface area contributed by atoms with Gasteiger partial charge in [-0.25, -0.2) is 4.89 Å². The van der Waals surface area contributed by atoms with Crippen LogP contribution in [0.3, 0.4) is 0 Å². The molecule has 158 valence electrons. The normalized spacial score (nSPS) is 33.6. The van der Waals surface area contributed by atoms with Gasteiger partial charge in [0, 0.05) is 6.42 Å². The van der Waals surface area contributed by atoms with Crippen LogP contribution in [0.25, 0.3) is 0 Å². The number of hydrogen-bond donors (Lipinski definition) is 4. The highest BCUT2D eigenvalue weighted by molar-refractivity contribution is 5.14. The van der Waals surface area contributed by atoms with Gasteiger partial charge in [-0.05, 0) is 43.6 Å². The topological polar surface area (TPSA) is 109 Å². The van der Waals surface area contributed by atoms with Crippen LogP contribution < -0.4 is 0 Å². The Labute approximate surface area is 165 Å². The van der Waals surface area contributed by atoms with Crippen LogP contribution in [0.2, 0.25) is 0 Å². The van der Waals surface area contributed by atoms with Gasteiger partial charge in [0.15, 0.2) is 0 Å². The molecule has 0 spiro atoms. The minimum absolute atomic E-state index is 0.270. The molecule has 1 aromatic carbocycles. The standard InChI is InChI=1S/C21H32O7/c22-13-17-18(23)19(24)20(25)21(27-17,28-26-14-16-10-6-11-16)12-5-4-9-15-7-2-1-3-8-15/h1-3,7-8,16-20,22-25H,4-6,9-14H2/t17-,18-,19+,20-,21+/m1/s1. The van der Waals surface area contributed by atoms with E-state index in [0.717, 1.165) is 25.7 Å². The maximum absolute atomic E-state index is 10.6. The largest absolute Gasteiger partial charge is 0.394 e. The zero-order valence-electron chi connectivity index (χ0n) is 16.2. The van der Waals surface area contributed by atoms with E-state index >= 15 is 0 Å². The summed E-state index contributed by atoms with van der Waals surface area (Å²) in [6, 6.07) is 10.1. The predicted molar refractivity (Wildman–Crippen MR) is 101 cm³/mol. The van der Waals surface area contributed by atoms with Crippen molar-refractivity contribution in [1.82, 2.24) is 0 Å². The van der Waals surface area contributed by atoms with Crippen LogP contribution >= 0.6 is 0 Å². The van der Waals surface area contributed by atoms with Crippen molar-refractivity contribution in [3.63, 3.8) is 0 Å². The molecule has 3 rings (SSSR count). The molecule has 1 saturated heterocycles. The molecule has 1 aliphatic carbocycles. The first-order chi connectivity index (χ1) is 13.6. The number of benzene rings is 1. The Hall–Kier alpha value is -1.06. The molecule has 2 aliphatic rings. The lowest BCUT2D eigenvalue weighted by Crippen LogP contribution is -2.66. The highest BCUT2D eigenvalue weighted by atomic mass is 17.2. The molecule has 5 atom stereocenters. The quantitative estimate of drug-likeness (QED) is 0.268. The van der Waals surface area contributed by atoms with E-state index in [1.54, 1.807) is 0 Å². The molecule has 7 nitrogen and oxygen atoms in total.